The first-order valence-electron chi connectivity index (χ1n) is 13.4. The van der Waals surface area contributed by atoms with Crippen molar-refractivity contribution in [3.05, 3.63) is 143 Å². The number of hydrogen-bond donors (Lipinski definition) is 1. The van der Waals surface area contributed by atoms with Crippen molar-refractivity contribution in [3.8, 4) is 0 Å². The molecule has 4 nitrogen and oxygen atoms in total. The molecule has 0 heterocycles. The first-order chi connectivity index (χ1) is 18.9. The van der Waals surface area contributed by atoms with Crippen LogP contribution in [0, 0.1) is 5.82 Å². The standard InChI is InChI=1S/C34H35FN2O2/c1-25(2)36-34(39)32(22-26-14-6-3-7-15-26)37(24-29-20-12-13-21-31(29)35)33(38)23-30(27-16-8-4-9-17-27)28-18-10-5-11-19-28/h3-21,25,30,32H,22-24H2,1-2H3,(H,36,39)/t32-/m0/s1. The fourth-order valence-electron chi connectivity index (χ4n) is 4.84. The Morgan fingerprint density at radius 3 is 1.79 bits per heavy atom. The Labute approximate surface area is 230 Å². The van der Waals surface area contributed by atoms with Crippen molar-refractivity contribution in [2.75, 3.05) is 0 Å². The summed E-state index contributed by atoms with van der Waals surface area (Å²) in [7, 11) is 0. The molecule has 5 heteroatoms. The van der Waals surface area contributed by atoms with Gasteiger partial charge in [-0.2, -0.15) is 0 Å². The van der Waals surface area contributed by atoms with Gasteiger partial charge < -0.3 is 10.2 Å². The fraction of sp³-hybridized carbons (Fsp3) is 0.235. The van der Waals surface area contributed by atoms with E-state index in [0.717, 1.165) is 16.7 Å². The molecule has 1 atom stereocenters. The molecule has 4 rings (SSSR count). The van der Waals surface area contributed by atoms with E-state index in [9.17, 15) is 14.0 Å². The highest BCUT2D eigenvalue weighted by molar-refractivity contribution is 5.88. The van der Waals surface area contributed by atoms with Crippen LogP contribution in [0.2, 0.25) is 0 Å². The number of rotatable bonds is 11. The van der Waals surface area contributed by atoms with Gasteiger partial charge >= 0.3 is 0 Å². The normalized spacial score (nSPS) is 11.8. The van der Waals surface area contributed by atoms with Gasteiger partial charge in [0, 0.05) is 36.9 Å². The average molecular weight is 523 g/mol. The summed E-state index contributed by atoms with van der Waals surface area (Å²) in [4.78, 5) is 29.4. The van der Waals surface area contributed by atoms with Crippen LogP contribution < -0.4 is 5.32 Å². The van der Waals surface area contributed by atoms with Crippen molar-refractivity contribution in [1.82, 2.24) is 10.2 Å². The Balaban J connectivity index is 1.74. The maximum atomic E-state index is 14.9. The molecule has 0 aliphatic heterocycles. The zero-order valence-electron chi connectivity index (χ0n) is 22.5. The Morgan fingerprint density at radius 1 is 0.744 bits per heavy atom. The van der Waals surface area contributed by atoms with Crippen LogP contribution in [0.25, 0.3) is 0 Å². The van der Waals surface area contributed by atoms with Gasteiger partial charge in [0.2, 0.25) is 11.8 Å². The molecule has 0 fully saturated rings. The molecule has 0 aromatic heterocycles. The lowest BCUT2D eigenvalue weighted by molar-refractivity contribution is -0.141. The van der Waals surface area contributed by atoms with Gasteiger partial charge in [-0.05, 0) is 36.6 Å². The van der Waals surface area contributed by atoms with Crippen molar-refractivity contribution < 1.29 is 14.0 Å². The maximum absolute atomic E-state index is 14.9. The predicted octanol–water partition coefficient (Wildman–Crippen LogP) is 6.51. The summed E-state index contributed by atoms with van der Waals surface area (Å²) < 4.78 is 14.9. The van der Waals surface area contributed by atoms with Gasteiger partial charge in [-0.3, -0.25) is 9.59 Å². The van der Waals surface area contributed by atoms with Gasteiger partial charge in [0.1, 0.15) is 11.9 Å². The molecule has 0 unspecified atom stereocenters. The SMILES string of the molecule is CC(C)NC(=O)[C@H](Cc1ccccc1)N(Cc1ccccc1F)C(=O)CC(c1ccccc1)c1ccccc1. The van der Waals surface area contributed by atoms with Crippen molar-refractivity contribution in [2.24, 2.45) is 0 Å². The minimum Gasteiger partial charge on any atom is -0.352 e. The zero-order chi connectivity index (χ0) is 27.6. The smallest absolute Gasteiger partial charge is 0.243 e. The second-order valence-electron chi connectivity index (χ2n) is 10.1. The third-order valence-electron chi connectivity index (χ3n) is 6.78. The highest BCUT2D eigenvalue weighted by Crippen LogP contribution is 2.30. The largest absolute Gasteiger partial charge is 0.352 e. The molecule has 0 saturated heterocycles. The first-order valence-corrected chi connectivity index (χ1v) is 13.4. The fourth-order valence-corrected chi connectivity index (χ4v) is 4.84. The summed E-state index contributed by atoms with van der Waals surface area (Å²) in [6.07, 6.45) is 0.462. The second kappa shape index (κ2) is 13.5. The van der Waals surface area contributed by atoms with Crippen LogP contribution in [-0.4, -0.2) is 28.8 Å². The molecule has 2 amide bonds. The number of nitrogens with one attached hydrogen (secondary N) is 1. The number of hydrogen-bond acceptors (Lipinski definition) is 2. The van der Waals surface area contributed by atoms with Crippen molar-refractivity contribution >= 4 is 11.8 Å². The third kappa shape index (κ3) is 7.64. The second-order valence-corrected chi connectivity index (χ2v) is 10.1. The summed E-state index contributed by atoms with van der Waals surface area (Å²) >= 11 is 0. The molecule has 200 valence electrons. The molecular weight excluding hydrogens is 487 g/mol. The number of amides is 2. The zero-order valence-corrected chi connectivity index (χ0v) is 22.5. The molecule has 0 bridgehead atoms. The highest BCUT2D eigenvalue weighted by Gasteiger charge is 2.33. The summed E-state index contributed by atoms with van der Waals surface area (Å²) in [6.45, 7) is 3.77. The summed E-state index contributed by atoms with van der Waals surface area (Å²) in [6, 6.07) is 34.9. The van der Waals surface area contributed by atoms with E-state index < -0.39 is 11.9 Å². The summed E-state index contributed by atoms with van der Waals surface area (Å²) in [5, 5.41) is 2.99. The summed E-state index contributed by atoms with van der Waals surface area (Å²) in [5.41, 5.74) is 3.32. The number of carbonyl (C=O) groups excluding carboxylic acids is 2. The molecule has 0 aliphatic carbocycles. The topological polar surface area (TPSA) is 49.4 Å². The lowest BCUT2D eigenvalue weighted by Gasteiger charge is -2.33. The molecule has 4 aromatic carbocycles. The van der Waals surface area contributed by atoms with E-state index in [-0.39, 0.29) is 36.7 Å². The van der Waals surface area contributed by atoms with Crippen LogP contribution in [0.4, 0.5) is 4.39 Å². The lowest BCUT2D eigenvalue weighted by atomic mass is 9.87. The van der Waals surface area contributed by atoms with Gasteiger partial charge in [-0.25, -0.2) is 4.39 Å². The molecule has 1 N–H and O–H groups in total. The molecule has 0 spiro atoms. The molecular formula is C34H35FN2O2. The molecule has 0 aliphatic rings. The van der Waals surface area contributed by atoms with Crippen LogP contribution in [0.15, 0.2) is 115 Å². The van der Waals surface area contributed by atoms with E-state index in [1.807, 2.05) is 105 Å². The monoisotopic (exact) mass is 522 g/mol. The average Bonchev–Trinajstić information content (AvgIpc) is 2.95. The number of nitrogens with zero attached hydrogens (tertiary/aromatic N) is 1. The van der Waals surface area contributed by atoms with E-state index in [4.69, 9.17) is 0 Å². The quantitative estimate of drug-likeness (QED) is 0.244. The minimum absolute atomic E-state index is 0.00911. The molecule has 0 saturated carbocycles. The lowest BCUT2D eigenvalue weighted by Crippen LogP contribution is -2.52. The molecule has 4 aromatic rings. The number of benzene rings is 4. The minimum atomic E-state index is -0.811. The van der Waals surface area contributed by atoms with Crippen molar-refractivity contribution in [3.63, 3.8) is 0 Å². The van der Waals surface area contributed by atoms with Gasteiger partial charge in [0.25, 0.3) is 0 Å². The third-order valence-corrected chi connectivity index (χ3v) is 6.78. The van der Waals surface area contributed by atoms with Gasteiger partial charge in [-0.1, -0.05) is 109 Å². The van der Waals surface area contributed by atoms with E-state index >= 15 is 0 Å². The number of halogens is 1. The van der Waals surface area contributed by atoms with E-state index in [0.29, 0.717) is 12.0 Å². The van der Waals surface area contributed by atoms with Gasteiger partial charge in [0.05, 0.1) is 0 Å². The Kier molecular flexibility index (Phi) is 9.63. The maximum Gasteiger partial charge on any atom is 0.243 e. The van der Waals surface area contributed by atoms with Crippen molar-refractivity contribution in [2.45, 2.75) is 51.2 Å². The van der Waals surface area contributed by atoms with Crippen molar-refractivity contribution in [1.29, 1.82) is 0 Å². The highest BCUT2D eigenvalue weighted by atomic mass is 19.1. The Bertz CT molecular complexity index is 1300. The first kappa shape index (κ1) is 27.8. The van der Waals surface area contributed by atoms with Crippen LogP contribution in [0.3, 0.4) is 0 Å². The van der Waals surface area contributed by atoms with Gasteiger partial charge in [-0.15, -0.1) is 0 Å². The summed E-state index contributed by atoms with van der Waals surface area (Å²) in [5.74, 6) is -1.08. The van der Waals surface area contributed by atoms with Crippen LogP contribution in [0.1, 0.15) is 48.4 Å². The molecule has 39 heavy (non-hydrogen) atoms. The van der Waals surface area contributed by atoms with Crippen LogP contribution in [0.5, 0.6) is 0 Å². The van der Waals surface area contributed by atoms with E-state index in [1.54, 1.807) is 23.1 Å². The van der Waals surface area contributed by atoms with Gasteiger partial charge in [0.15, 0.2) is 0 Å². The Morgan fingerprint density at radius 2 is 1.26 bits per heavy atom. The molecule has 0 radical (unpaired) electrons. The van der Waals surface area contributed by atoms with E-state index in [2.05, 4.69) is 5.32 Å². The number of carbonyl (C=O) groups is 2. The Hall–Kier alpha value is -4.25. The predicted molar refractivity (Wildman–Crippen MR) is 154 cm³/mol. The van der Waals surface area contributed by atoms with Crippen LogP contribution in [-0.2, 0) is 22.6 Å². The van der Waals surface area contributed by atoms with Crippen LogP contribution >= 0.6 is 0 Å². The van der Waals surface area contributed by atoms with E-state index in [1.165, 1.54) is 6.07 Å².